The maximum atomic E-state index is 13.5. The first-order chi connectivity index (χ1) is 12.0. The number of carbonyl (C=O) groups excluding carboxylic acids is 1. The van der Waals surface area contributed by atoms with E-state index in [2.05, 4.69) is 17.1 Å². The summed E-state index contributed by atoms with van der Waals surface area (Å²) in [7, 11) is 0. The monoisotopic (exact) mass is 377 g/mol. The van der Waals surface area contributed by atoms with Crippen LogP contribution in [-0.2, 0) is 4.79 Å². The topological polar surface area (TPSA) is 45.2 Å². The fraction of sp³-hybridized carbons (Fsp3) is 0.444. The summed E-state index contributed by atoms with van der Waals surface area (Å²) in [5.74, 6) is 0.0897. The quantitative estimate of drug-likeness (QED) is 0.886. The van der Waals surface area contributed by atoms with E-state index in [1.165, 1.54) is 23.5 Å². The molecule has 2 aliphatic heterocycles. The molecule has 2 atom stereocenters. The molecule has 4 rings (SSSR count). The summed E-state index contributed by atoms with van der Waals surface area (Å²) >= 11 is 3.27. The van der Waals surface area contributed by atoms with Crippen LogP contribution in [0, 0.1) is 11.7 Å². The Balaban J connectivity index is 1.75. The van der Waals surface area contributed by atoms with Crippen molar-refractivity contribution in [3.63, 3.8) is 0 Å². The fourth-order valence-electron chi connectivity index (χ4n) is 3.63. The minimum absolute atomic E-state index is 0.0573. The van der Waals surface area contributed by atoms with Gasteiger partial charge in [-0.1, -0.05) is 6.92 Å². The number of thioether (sulfide) groups is 1. The highest BCUT2D eigenvalue weighted by molar-refractivity contribution is 8.04. The first-order valence-corrected chi connectivity index (χ1v) is 10.2. The van der Waals surface area contributed by atoms with E-state index in [1.807, 2.05) is 0 Å². The average molecular weight is 378 g/mol. The lowest BCUT2D eigenvalue weighted by molar-refractivity contribution is -0.118. The Kier molecular flexibility index (Phi) is 4.56. The summed E-state index contributed by atoms with van der Waals surface area (Å²) < 4.78 is 14.4. The van der Waals surface area contributed by atoms with Gasteiger partial charge in [0.05, 0.1) is 15.2 Å². The molecule has 0 bridgehead atoms. The van der Waals surface area contributed by atoms with Crippen LogP contribution in [0.3, 0.4) is 0 Å². The number of thiazole rings is 1. The van der Waals surface area contributed by atoms with E-state index in [0.717, 1.165) is 51.9 Å². The Labute approximate surface area is 154 Å². The van der Waals surface area contributed by atoms with Gasteiger partial charge in [0.15, 0.2) is 0 Å². The zero-order chi connectivity index (χ0) is 17.6. The number of piperidine rings is 1. The van der Waals surface area contributed by atoms with Gasteiger partial charge in [-0.05, 0) is 37.7 Å². The molecule has 1 saturated heterocycles. The molecule has 0 saturated carbocycles. The predicted octanol–water partition coefficient (Wildman–Crippen LogP) is 3.70. The third-order valence-electron chi connectivity index (χ3n) is 4.85. The van der Waals surface area contributed by atoms with Gasteiger partial charge in [0, 0.05) is 30.2 Å². The van der Waals surface area contributed by atoms with Crippen molar-refractivity contribution in [1.29, 1.82) is 0 Å². The molecule has 1 N–H and O–H groups in total. The maximum absolute atomic E-state index is 13.5. The molecule has 1 aromatic heterocycles. The molecule has 4 nitrogen and oxygen atoms in total. The first kappa shape index (κ1) is 17.0. The molecule has 1 aromatic carbocycles. The number of benzene rings is 1. The van der Waals surface area contributed by atoms with Gasteiger partial charge in [-0.2, -0.15) is 0 Å². The molecule has 0 aliphatic carbocycles. The van der Waals surface area contributed by atoms with Crippen molar-refractivity contribution >= 4 is 44.8 Å². The summed E-state index contributed by atoms with van der Waals surface area (Å²) in [5, 5.41) is 5.29. The van der Waals surface area contributed by atoms with Crippen LogP contribution in [0.4, 0.5) is 4.39 Å². The van der Waals surface area contributed by atoms with Gasteiger partial charge in [0.25, 0.3) is 0 Å². The standard InChI is InChI=1S/C18H20FN3OS2/c1-3-22-7-6-12-15(9-22)25-17(20-10(2)23)16(12)18-21-13-5-4-11(19)8-14(13)24-18/h4-5,8,12,15H,3,6-7,9H2,1-2H3,(H,20,23). The van der Waals surface area contributed by atoms with Gasteiger partial charge in [-0.15, -0.1) is 23.1 Å². The van der Waals surface area contributed by atoms with Gasteiger partial charge < -0.3 is 10.2 Å². The van der Waals surface area contributed by atoms with Gasteiger partial charge in [0.2, 0.25) is 5.91 Å². The first-order valence-electron chi connectivity index (χ1n) is 8.52. The zero-order valence-electron chi connectivity index (χ0n) is 14.2. The molecule has 2 aromatic rings. The normalized spacial score (nSPS) is 24.0. The van der Waals surface area contributed by atoms with Gasteiger partial charge in [-0.3, -0.25) is 4.79 Å². The molecular formula is C18H20FN3OS2. The van der Waals surface area contributed by atoms with E-state index in [9.17, 15) is 9.18 Å². The summed E-state index contributed by atoms with van der Waals surface area (Å²) in [4.78, 5) is 18.9. The van der Waals surface area contributed by atoms with Crippen molar-refractivity contribution in [3.8, 4) is 0 Å². The average Bonchev–Trinajstić information content (AvgIpc) is 3.13. The molecule has 2 aliphatic rings. The number of nitrogens with one attached hydrogen (secondary N) is 1. The highest BCUT2D eigenvalue weighted by atomic mass is 32.2. The Morgan fingerprint density at radius 1 is 1.48 bits per heavy atom. The lowest BCUT2D eigenvalue weighted by atomic mass is 9.89. The van der Waals surface area contributed by atoms with Crippen LogP contribution in [0.2, 0.25) is 0 Å². The van der Waals surface area contributed by atoms with E-state index < -0.39 is 0 Å². The largest absolute Gasteiger partial charge is 0.321 e. The number of likely N-dealkylation sites (tertiary alicyclic amines) is 1. The number of hydrogen-bond acceptors (Lipinski definition) is 5. The lowest BCUT2D eigenvalue weighted by Crippen LogP contribution is -2.40. The van der Waals surface area contributed by atoms with Crippen LogP contribution >= 0.6 is 23.1 Å². The minimum atomic E-state index is -0.242. The number of allylic oxidation sites excluding steroid dienone is 1. The summed E-state index contributed by atoms with van der Waals surface area (Å²) in [6.45, 7) is 6.87. The summed E-state index contributed by atoms with van der Waals surface area (Å²) in [5.41, 5.74) is 1.96. The van der Waals surface area contributed by atoms with Crippen molar-refractivity contribution in [3.05, 3.63) is 34.1 Å². The Morgan fingerprint density at radius 3 is 3.08 bits per heavy atom. The highest BCUT2D eigenvalue weighted by Gasteiger charge is 2.41. The van der Waals surface area contributed by atoms with E-state index in [1.54, 1.807) is 24.8 Å². The fourth-order valence-corrected chi connectivity index (χ4v) is 6.40. The number of fused-ring (bicyclic) bond motifs is 2. The molecule has 1 amide bonds. The minimum Gasteiger partial charge on any atom is -0.321 e. The third kappa shape index (κ3) is 3.20. The van der Waals surface area contributed by atoms with Crippen molar-refractivity contribution < 1.29 is 9.18 Å². The smallest absolute Gasteiger partial charge is 0.221 e. The van der Waals surface area contributed by atoms with Gasteiger partial charge >= 0.3 is 0 Å². The summed E-state index contributed by atoms with van der Waals surface area (Å²) in [6.07, 6.45) is 1.06. The van der Waals surface area contributed by atoms with Crippen LogP contribution in [0.5, 0.6) is 0 Å². The van der Waals surface area contributed by atoms with Gasteiger partial charge in [0.1, 0.15) is 10.8 Å². The molecule has 1 fully saturated rings. The van der Waals surface area contributed by atoms with E-state index in [-0.39, 0.29) is 11.7 Å². The van der Waals surface area contributed by atoms with Crippen LogP contribution in [0.25, 0.3) is 15.8 Å². The molecular weight excluding hydrogens is 357 g/mol. The zero-order valence-corrected chi connectivity index (χ0v) is 15.8. The van der Waals surface area contributed by atoms with Crippen LogP contribution in [0.15, 0.2) is 23.2 Å². The van der Waals surface area contributed by atoms with Crippen LogP contribution in [0.1, 0.15) is 25.3 Å². The number of rotatable bonds is 3. The van der Waals surface area contributed by atoms with E-state index in [0.29, 0.717) is 11.2 Å². The second kappa shape index (κ2) is 6.70. The van der Waals surface area contributed by atoms with Gasteiger partial charge in [-0.25, -0.2) is 9.37 Å². The Hall–Kier alpha value is -1.44. The lowest BCUT2D eigenvalue weighted by Gasteiger charge is -2.34. The second-order valence-electron chi connectivity index (χ2n) is 6.50. The summed E-state index contributed by atoms with van der Waals surface area (Å²) in [6, 6.07) is 4.71. The van der Waals surface area contributed by atoms with Crippen molar-refractivity contribution in [1.82, 2.24) is 15.2 Å². The number of nitrogens with zero attached hydrogens (tertiary/aromatic N) is 2. The predicted molar refractivity (Wildman–Crippen MR) is 102 cm³/mol. The molecule has 132 valence electrons. The number of halogens is 1. The van der Waals surface area contributed by atoms with E-state index in [4.69, 9.17) is 4.98 Å². The Bertz CT molecular complexity index is 863. The number of carbonyl (C=O) groups is 1. The SMILES string of the molecule is CCN1CCC2C(c3nc4ccc(F)cc4s3)=C(NC(C)=O)SC2C1. The van der Waals surface area contributed by atoms with Crippen LogP contribution < -0.4 is 5.32 Å². The molecule has 7 heteroatoms. The number of hydrogen-bond donors (Lipinski definition) is 1. The molecule has 0 radical (unpaired) electrons. The highest BCUT2D eigenvalue weighted by Crippen LogP contribution is 2.50. The van der Waals surface area contributed by atoms with Crippen molar-refractivity contribution in [2.75, 3.05) is 19.6 Å². The second-order valence-corrected chi connectivity index (χ2v) is 8.78. The molecule has 3 heterocycles. The number of aromatic nitrogens is 1. The van der Waals surface area contributed by atoms with E-state index >= 15 is 0 Å². The third-order valence-corrected chi connectivity index (χ3v) is 7.24. The molecule has 0 spiro atoms. The molecule has 2 unspecified atom stereocenters. The van der Waals surface area contributed by atoms with Crippen molar-refractivity contribution in [2.45, 2.75) is 25.5 Å². The maximum Gasteiger partial charge on any atom is 0.221 e. The van der Waals surface area contributed by atoms with Crippen LogP contribution in [-0.4, -0.2) is 40.7 Å². The molecule has 25 heavy (non-hydrogen) atoms. The Morgan fingerprint density at radius 2 is 2.32 bits per heavy atom. The number of amides is 1. The van der Waals surface area contributed by atoms with Crippen molar-refractivity contribution in [2.24, 2.45) is 5.92 Å².